The highest BCUT2D eigenvalue weighted by atomic mass is 19.1. The van der Waals surface area contributed by atoms with Crippen molar-refractivity contribution >= 4 is 5.97 Å². The van der Waals surface area contributed by atoms with Crippen LogP contribution in [-0.4, -0.2) is 22.7 Å². The minimum atomic E-state index is -1.15. The maximum atomic E-state index is 12.7. The Morgan fingerprint density at radius 1 is 1.75 bits per heavy atom. The summed E-state index contributed by atoms with van der Waals surface area (Å²) < 4.78 is 17.2. The van der Waals surface area contributed by atoms with Crippen molar-refractivity contribution in [3.8, 4) is 5.75 Å². The Bertz CT molecular complexity index is 290. The van der Waals surface area contributed by atoms with Gasteiger partial charge in [-0.15, -0.1) is 0 Å². The number of aliphatic carboxylic acids is 1. The number of pyridine rings is 1. The van der Waals surface area contributed by atoms with Gasteiger partial charge in [-0.3, -0.25) is 4.98 Å². The van der Waals surface area contributed by atoms with E-state index in [1.807, 2.05) is 0 Å². The van der Waals surface area contributed by atoms with Crippen molar-refractivity contribution in [2.45, 2.75) is 0 Å². The molecule has 1 aromatic rings. The van der Waals surface area contributed by atoms with Gasteiger partial charge < -0.3 is 9.84 Å². The highest BCUT2D eigenvalue weighted by Crippen LogP contribution is 2.13. The van der Waals surface area contributed by atoms with Gasteiger partial charge in [-0.1, -0.05) is 0 Å². The highest BCUT2D eigenvalue weighted by molar-refractivity contribution is 5.68. The lowest BCUT2D eigenvalue weighted by atomic mass is 10.4. The molecule has 0 aliphatic rings. The molecular weight excluding hydrogens is 165 g/mol. The Labute approximate surface area is 67.6 Å². The van der Waals surface area contributed by atoms with Crippen LogP contribution in [0.25, 0.3) is 0 Å². The zero-order valence-corrected chi connectivity index (χ0v) is 6.03. The van der Waals surface area contributed by atoms with Gasteiger partial charge in [0.15, 0.2) is 18.2 Å². The summed E-state index contributed by atoms with van der Waals surface area (Å²) in [6, 6.07) is 1.26. The summed E-state index contributed by atoms with van der Waals surface area (Å²) in [7, 11) is 0. The SMILES string of the molecule is O=C(O)COc1ccncc1F. The molecule has 0 atom stereocenters. The molecule has 0 bridgehead atoms. The Hall–Kier alpha value is -1.65. The molecule has 4 nitrogen and oxygen atoms in total. The van der Waals surface area contributed by atoms with Gasteiger partial charge in [0.1, 0.15) is 0 Å². The van der Waals surface area contributed by atoms with E-state index in [1.165, 1.54) is 12.3 Å². The van der Waals surface area contributed by atoms with E-state index in [9.17, 15) is 9.18 Å². The first-order valence-electron chi connectivity index (χ1n) is 3.14. The van der Waals surface area contributed by atoms with Crippen molar-refractivity contribution in [1.29, 1.82) is 0 Å². The predicted octanol–water partition coefficient (Wildman–Crippen LogP) is 0.684. The summed E-state index contributed by atoms with van der Waals surface area (Å²) in [5.41, 5.74) is 0. The third-order valence-corrected chi connectivity index (χ3v) is 1.09. The number of carbonyl (C=O) groups is 1. The third kappa shape index (κ3) is 2.19. The number of rotatable bonds is 3. The van der Waals surface area contributed by atoms with E-state index in [-0.39, 0.29) is 5.75 Å². The van der Waals surface area contributed by atoms with E-state index in [4.69, 9.17) is 5.11 Å². The molecule has 64 valence electrons. The number of ether oxygens (including phenoxy) is 1. The fourth-order valence-corrected chi connectivity index (χ4v) is 0.619. The molecule has 0 aliphatic carbocycles. The molecule has 0 aliphatic heterocycles. The molecule has 1 heterocycles. The molecule has 1 N–H and O–H groups in total. The minimum Gasteiger partial charge on any atom is -0.479 e. The van der Waals surface area contributed by atoms with E-state index < -0.39 is 18.4 Å². The van der Waals surface area contributed by atoms with Gasteiger partial charge in [0.2, 0.25) is 0 Å². The lowest BCUT2D eigenvalue weighted by Gasteiger charge is -2.01. The van der Waals surface area contributed by atoms with E-state index in [0.717, 1.165) is 6.20 Å². The molecular formula is C7H6FNO3. The largest absolute Gasteiger partial charge is 0.479 e. The molecule has 0 unspecified atom stereocenters. The van der Waals surface area contributed by atoms with Crippen molar-refractivity contribution in [2.75, 3.05) is 6.61 Å². The molecule has 12 heavy (non-hydrogen) atoms. The number of aromatic nitrogens is 1. The van der Waals surface area contributed by atoms with Crippen molar-refractivity contribution < 1.29 is 19.0 Å². The number of hydrogen-bond donors (Lipinski definition) is 1. The molecule has 1 aromatic heterocycles. The summed E-state index contributed by atoms with van der Waals surface area (Å²) in [6.45, 7) is -0.555. The molecule has 0 saturated carbocycles. The summed E-state index contributed by atoms with van der Waals surface area (Å²) >= 11 is 0. The van der Waals surface area contributed by atoms with Crippen LogP contribution in [-0.2, 0) is 4.79 Å². The van der Waals surface area contributed by atoms with Gasteiger partial charge >= 0.3 is 5.97 Å². The molecule has 0 saturated heterocycles. The molecule has 1 rings (SSSR count). The normalized spacial score (nSPS) is 9.42. The van der Waals surface area contributed by atoms with Gasteiger partial charge in [-0.25, -0.2) is 9.18 Å². The second-order valence-corrected chi connectivity index (χ2v) is 1.99. The lowest BCUT2D eigenvalue weighted by molar-refractivity contribution is -0.139. The van der Waals surface area contributed by atoms with E-state index >= 15 is 0 Å². The lowest BCUT2D eigenvalue weighted by Crippen LogP contribution is -2.10. The first-order valence-corrected chi connectivity index (χ1v) is 3.14. The highest BCUT2D eigenvalue weighted by Gasteiger charge is 2.03. The molecule has 0 spiro atoms. The second-order valence-electron chi connectivity index (χ2n) is 1.99. The average molecular weight is 171 g/mol. The Kier molecular flexibility index (Phi) is 2.57. The Balaban J connectivity index is 2.63. The number of carboxylic acids is 1. The minimum absolute atomic E-state index is 0.104. The van der Waals surface area contributed by atoms with Crippen molar-refractivity contribution in [1.82, 2.24) is 4.98 Å². The average Bonchev–Trinajstić information content (AvgIpc) is 2.03. The van der Waals surface area contributed by atoms with Crippen LogP contribution in [0.2, 0.25) is 0 Å². The van der Waals surface area contributed by atoms with E-state index in [1.54, 1.807) is 0 Å². The molecule has 0 fully saturated rings. The monoisotopic (exact) mass is 171 g/mol. The summed E-state index contributed by atoms with van der Waals surface area (Å²) in [5, 5.41) is 8.20. The first-order chi connectivity index (χ1) is 5.70. The fraction of sp³-hybridized carbons (Fsp3) is 0.143. The van der Waals surface area contributed by atoms with Crippen LogP contribution >= 0.6 is 0 Å². The third-order valence-electron chi connectivity index (χ3n) is 1.09. The fourth-order valence-electron chi connectivity index (χ4n) is 0.619. The number of halogens is 1. The van der Waals surface area contributed by atoms with Gasteiger partial charge in [-0.2, -0.15) is 0 Å². The van der Waals surface area contributed by atoms with E-state index in [0.29, 0.717) is 0 Å². The van der Waals surface area contributed by atoms with E-state index in [2.05, 4.69) is 9.72 Å². The molecule has 5 heteroatoms. The van der Waals surface area contributed by atoms with Crippen LogP contribution in [0, 0.1) is 5.82 Å². The maximum Gasteiger partial charge on any atom is 0.341 e. The maximum absolute atomic E-state index is 12.7. The standard InChI is InChI=1S/C7H6FNO3/c8-5-3-9-2-1-6(5)12-4-7(10)11/h1-3H,4H2,(H,10,11). The zero-order valence-electron chi connectivity index (χ0n) is 6.03. The topological polar surface area (TPSA) is 59.4 Å². The molecule has 0 radical (unpaired) electrons. The number of hydrogen-bond acceptors (Lipinski definition) is 3. The zero-order chi connectivity index (χ0) is 8.97. The van der Waals surface area contributed by atoms with Crippen LogP contribution in [0.3, 0.4) is 0 Å². The quantitative estimate of drug-likeness (QED) is 0.726. The smallest absolute Gasteiger partial charge is 0.341 e. The van der Waals surface area contributed by atoms with Gasteiger partial charge in [0.25, 0.3) is 0 Å². The van der Waals surface area contributed by atoms with Crippen molar-refractivity contribution in [3.05, 3.63) is 24.3 Å². The Morgan fingerprint density at radius 2 is 2.50 bits per heavy atom. The van der Waals surface area contributed by atoms with Gasteiger partial charge in [0.05, 0.1) is 6.20 Å². The number of carboxylic acid groups (broad SMARTS) is 1. The van der Waals surface area contributed by atoms with Crippen molar-refractivity contribution in [2.24, 2.45) is 0 Å². The van der Waals surface area contributed by atoms with Crippen LogP contribution in [0.5, 0.6) is 5.75 Å². The first kappa shape index (κ1) is 8.45. The molecule has 0 aromatic carbocycles. The van der Waals surface area contributed by atoms with Crippen LogP contribution in [0.15, 0.2) is 18.5 Å². The molecule has 0 amide bonds. The van der Waals surface area contributed by atoms with Crippen LogP contribution in [0.4, 0.5) is 4.39 Å². The second kappa shape index (κ2) is 3.66. The Morgan fingerprint density at radius 3 is 3.08 bits per heavy atom. The van der Waals surface area contributed by atoms with Crippen LogP contribution in [0.1, 0.15) is 0 Å². The number of nitrogens with zero attached hydrogens (tertiary/aromatic N) is 1. The summed E-state index contributed by atoms with van der Waals surface area (Å²) in [4.78, 5) is 13.5. The summed E-state index contributed by atoms with van der Waals surface area (Å²) in [5.74, 6) is -1.92. The predicted molar refractivity (Wildman–Crippen MR) is 37.3 cm³/mol. The van der Waals surface area contributed by atoms with Gasteiger partial charge in [0, 0.05) is 12.3 Å². The summed E-state index contributed by atoms with van der Waals surface area (Å²) in [6.07, 6.45) is 2.28. The van der Waals surface area contributed by atoms with Crippen molar-refractivity contribution in [3.63, 3.8) is 0 Å². The van der Waals surface area contributed by atoms with Gasteiger partial charge in [-0.05, 0) is 0 Å². The van der Waals surface area contributed by atoms with Crippen LogP contribution < -0.4 is 4.74 Å².